The maximum atomic E-state index is 13.1. The molecule has 2 aromatic carbocycles. The minimum absolute atomic E-state index is 0.247. The normalized spacial score (nSPS) is 21.7. The third-order valence-corrected chi connectivity index (χ3v) is 9.25. The first-order valence-electron chi connectivity index (χ1n) is 14.2. The van der Waals surface area contributed by atoms with Gasteiger partial charge < -0.3 is 29.5 Å². The lowest BCUT2D eigenvalue weighted by molar-refractivity contribution is -0.184. The van der Waals surface area contributed by atoms with Crippen molar-refractivity contribution in [2.75, 3.05) is 31.1 Å². The Labute approximate surface area is 247 Å². The summed E-state index contributed by atoms with van der Waals surface area (Å²) in [4.78, 5) is 1.94. The summed E-state index contributed by atoms with van der Waals surface area (Å²) in [5.41, 5.74) is 3.85. The van der Waals surface area contributed by atoms with Crippen LogP contribution in [0.25, 0.3) is 27.6 Å². The molecule has 4 atom stereocenters. The average Bonchev–Trinajstić information content (AvgIpc) is 3.36. The number of sulfonamides is 1. The predicted octanol–water partition coefficient (Wildman–Crippen LogP) is 3.13. The van der Waals surface area contributed by atoms with Gasteiger partial charge in [-0.1, -0.05) is 32.0 Å². The molecule has 1 aliphatic rings. The van der Waals surface area contributed by atoms with Crippen molar-refractivity contribution in [2.45, 2.75) is 58.0 Å². The molecule has 1 saturated heterocycles. The van der Waals surface area contributed by atoms with Gasteiger partial charge in [-0.15, -0.1) is 0 Å². The number of nitrogens with zero attached hydrogens (tertiary/aromatic N) is 3. The van der Waals surface area contributed by atoms with Gasteiger partial charge in [-0.2, -0.15) is 5.26 Å². The van der Waals surface area contributed by atoms with Crippen molar-refractivity contribution in [1.82, 2.24) is 9.29 Å². The topological polar surface area (TPSA) is 148 Å². The van der Waals surface area contributed by atoms with Crippen LogP contribution in [0.4, 0.5) is 5.69 Å². The lowest BCUT2D eigenvalue weighted by Gasteiger charge is -2.35. The maximum absolute atomic E-state index is 13.1. The third kappa shape index (κ3) is 6.54. The molecular formula is C31H40N4O6S. The molecule has 1 aromatic heterocycles. The van der Waals surface area contributed by atoms with Crippen molar-refractivity contribution in [2.24, 2.45) is 7.05 Å². The van der Waals surface area contributed by atoms with Crippen LogP contribution in [0.2, 0.25) is 0 Å². The number of ether oxygens (including phenoxy) is 1. The number of hydrogen-bond acceptors (Lipinski definition) is 8. The molecule has 0 amide bonds. The first-order chi connectivity index (χ1) is 20.0. The molecule has 0 aliphatic carbocycles. The molecule has 4 N–H and O–H groups in total. The highest BCUT2D eigenvalue weighted by Crippen LogP contribution is 2.31. The van der Waals surface area contributed by atoms with Gasteiger partial charge >= 0.3 is 0 Å². The van der Waals surface area contributed by atoms with Gasteiger partial charge in [0.15, 0.2) is 4.91 Å². The van der Waals surface area contributed by atoms with Gasteiger partial charge in [0.25, 0.3) is 10.0 Å². The Morgan fingerprint density at radius 1 is 1.05 bits per heavy atom. The van der Waals surface area contributed by atoms with Crippen LogP contribution >= 0.6 is 0 Å². The molecule has 3 aromatic rings. The number of nitriles is 1. The van der Waals surface area contributed by atoms with E-state index in [0.717, 1.165) is 48.0 Å². The highest BCUT2D eigenvalue weighted by molar-refractivity contribution is 7.93. The van der Waals surface area contributed by atoms with Crippen LogP contribution in [0.3, 0.4) is 0 Å². The van der Waals surface area contributed by atoms with E-state index in [1.807, 2.05) is 29.8 Å². The molecule has 226 valence electrons. The molecule has 42 heavy (non-hydrogen) atoms. The van der Waals surface area contributed by atoms with Crippen LogP contribution in [-0.4, -0.2) is 79.0 Å². The molecule has 1 fully saturated rings. The Morgan fingerprint density at radius 2 is 1.71 bits per heavy atom. The Hall–Kier alpha value is -3.24. The van der Waals surface area contributed by atoms with Gasteiger partial charge in [0.2, 0.25) is 0 Å². The summed E-state index contributed by atoms with van der Waals surface area (Å²) >= 11 is 0. The molecule has 0 unspecified atom stereocenters. The van der Waals surface area contributed by atoms with E-state index in [9.17, 15) is 29.0 Å². The monoisotopic (exact) mass is 596 g/mol. The van der Waals surface area contributed by atoms with Crippen LogP contribution in [0.5, 0.6) is 0 Å². The Morgan fingerprint density at radius 3 is 2.38 bits per heavy atom. The number of fused-ring (bicyclic) bond motifs is 1. The van der Waals surface area contributed by atoms with E-state index in [1.165, 1.54) is 5.69 Å². The van der Waals surface area contributed by atoms with E-state index in [1.54, 1.807) is 13.0 Å². The molecule has 10 nitrogen and oxygen atoms in total. The summed E-state index contributed by atoms with van der Waals surface area (Å²) in [7, 11) is -2.46. The zero-order valence-electron chi connectivity index (χ0n) is 24.5. The quantitative estimate of drug-likeness (QED) is 0.247. The number of anilines is 1. The van der Waals surface area contributed by atoms with Crippen LogP contribution < -0.4 is 9.62 Å². The first kappa shape index (κ1) is 31.7. The van der Waals surface area contributed by atoms with Crippen LogP contribution in [0, 0.1) is 11.3 Å². The van der Waals surface area contributed by atoms with Crippen molar-refractivity contribution < 1.29 is 28.5 Å². The van der Waals surface area contributed by atoms with Crippen molar-refractivity contribution >= 4 is 32.1 Å². The molecule has 0 spiro atoms. The minimum atomic E-state index is -4.28. The molecule has 0 bridgehead atoms. The van der Waals surface area contributed by atoms with Crippen LogP contribution in [-0.2, 0) is 21.8 Å². The van der Waals surface area contributed by atoms with Gasteiger partial charge in [-0.3, -0.25) is 0 Å². The second-order valence-corrected chi connectivity index (χ2v) is 12.4. The smallest absolute Gasteiger partial charge is 0.251 e. The van der Waals surface area contributed by atoms with E-state index >= 15 is 0 Å². The first-order valence-corrected chi connectivity index (χ1v) is 15.7. The van der Waals surface area contributed by atoms with Gasteiger partial charge in [-0.25, -0.2) is 13.1 Å². The van der Waals surface area contributed by atoms with Gasteiger partial charge in [-0.05, 0) is 66.4 Å². The minimum Gasteiger partial charge on any atom is -0.388 e. The highest BCUT2D eigenvalue weighted by Gasteiger charge is 2.38. The van der Waals surface area contributed by atoms with Crippen molar-refractivity contribution in [3.05, 3.63) is 59.1 Å². The zero-order chi connectivity index (χ0) is 30.6. The van der Waals surface area contributed by atoms with Crippen LogP contribution in [0.15, 0.2) is 53.4 Å². The molecule has 1 aliphatic heterocycles. The Bertz CT molecular complexity index is 1590. The SMILES string of the molecule is CCCN(CCC)c1ccc2cc(-c3ccc(/C(C)=C(\C#N)S(=O)(=O)NC[C@H]4OC[C@H](O)[C@@H](O)[C@@H]4O)n3C)ccc2c1. The van der Waals surface area contributed by atoms with Gasteiger partial charge in [0, 0.05) is 49.3 Å². The second kappa shape index (κ2) is 13.4. The Balaban J connectivity index is 1.58. The van der Waals surface area contributed by atoms with Crippen LogP contribution in [0.1, 0.15) is 39.3 Å². The number of rotatable bonds is 11. The summed E-state index contributed by atoms with van der Waals surface area (Å²) in [5.74, 6) is 0. The number of allylic oxidation sites excluding steroid dienone is 2. The fourth-order valence-electron chi connectivity index (χ4n) is 5.45. The van der Waals surface area contributed by atoms with E-state index in [2.05, 4.69) is 53.8 Å². The molecule has 11 heteroatoms. The number of benzene rings is 2. The average molecular weight is 597 g/mol. The summed E-state index contributed by atoms with van der Waals surface area (Å²) in [5, 5.41) is 41.7. The number of nitrogens with one attached hydrogen (secondary N) is 1. The Kier molecular flexibility index (Phi) is 10.1. The summed E-state index contributed by atoms with van der Waals surface area (Å²) in [6.45, 7) is 7.33. The number of aliphatic hydroxyl groups excluding tert-OH is 3. The highest BCUT2D eigenvalue weighted by atomic mass is 32.2. The standard InChI is InChI=1S/C31H40N4O6S/c1-5-13-35(14-6-2)24-10-9-21-15-23(8-7-22(21)16-24)26-12-11-25(34(26)4)20(3)29(17-32)42(39,40)33-18-28-31(38)30(37)27(36)19-41-28/h7-12,15-16,27-28,30-31,33,36-38H,5-6,13-14,18-19H2,1-4H3/b29-20+/t27-,28+,30+,31+/m0/s1. The van der Waals surface area contributed by atoms with Crippen molar-refractivity contribution in [3.8, 4) is 17.3 Å². The number of hydrogen-bond donors (Lipinski definition) is 4. The molecule has 0 radical (unpaired) electrons. The van der Waals surface area contributed by atoms with E-state index < -0.39 is 39.3 Å². The fraction of sp³-hybridized carbons (Fsp3) is 0.452. The lowest BCUT2D eigenvalue weighted by atomic mass is 10.0. The molecular weight excluding hydrogens is 556 g/mol. The van der Waals surface area contributed by atoms with E-state index in [-0.39, 0.29) is 18.7 Å². The number of aliphatic hydroxyl groups is 3. The van der Waals surface area contributed by atoms with E-state index in [0.29, 0.717) is 5.69 Å². The predicted molar refractivity (Wildman–Crippen MR) is 164 cm³/mol. The number of aromatic nitrogens is 1. The molecule has 4 rings (SSSR count). The molecule has 2 heterocycles. The van der Waals surface area contributed by atoms with Gasteiger partial charge in [0.05, 0.1) is 12.7 Å². The van der Waals surface area contributed by atoms with E-state index in [4.69, 9.17) is 4.74 Å². The van der Waals surface area contributed by atoms with Crippen molar-refractivity contribution in [3.63, 3.8) is 0 Å². The van der Waals surface area contributed by atoms with Gasteiger partial charge in [0.1, 0.15) is 24.4 Å². The summed E-state index contributed by atoms with van der Waals surface area (Å²) < 4.78 is 35.7. The third-order valence-electron chi connectivity index (χ3n) is 7.77. The largest absolute Gasteiger partial charge is 0.388 e. The summed E-state index contributed by atoms with van der Waals surface area (Å²) in [6, 6.07) is 18.2. The zero-order valence-corrected chi connectivity index (χ0v) is 25.3. The summed E-state index contributed by atoms with van der Waals surface area (Å²) in [6.07, 6.45) is -3.12. The molecule has 0 saturated carbocycles. The fourth-order valence-corrected chi connectivity index (χ4v) is 6.60. The van der Waals surface area contributed by atoms with Crippen molar-refractivity contribution in [1.29, 1.82) is 5.26 Å². The second-order valence-electron chi connectivity index (χ2n) is 10.7. The lowest BCUT2D eigenvalue weighted by Crippen LogP contribution is -2.56. The maximum Gasteiger partial charge on any atom is 0.251 e.